The van der Waals surface area contributed by atoms with Gasteiger partial charge < -0.3 is 10.6 Å². The first-order valence-corrected chi connectivity index (χ1v) is 8.74. The summed E-state index contributed by atoms with van der Waals surface area (Å²) in [6.45, 7) is 0. The summed E-state index contributed by atoms with van der Waals surface area (Å²) in [5.41, 5.74) is 0.791. The lowest BCUT2D eigenvalue weighted by Gasteiger charge is -2.11. The average Bonchev–Trinajstić information content (AvgIpc) is 2.63. The van der Waals surface area contributed by atoms with E-state index < -0.39 is 4.92 Å². The van der Waals surface area contributed by atoms with E-state index in [1.165, 1.54) is 18.2 Å². The third kappa shape index (κ3) is 4.58. The number of thiocarbonyl (C=S) groups is 1. The molecular weight excluding hydrogens is 386 g/mol. The lowest BCUT2D eigenvalue weighted by molar-refractivity contribution is -0.383. The number of hydrogen-bond donors (Lipinski definition) is 2. The number of carbonyl (C=O) groups is 1. The van der Waals surface area contributed by atoms with E-state index in [1.54, 1.807) is 0 Å². The maximum absolute atomic E-state index is 12.3. The number of nitrogens with one attached hydrogen (secondary N) is 2. The number of carbonyl (C=O) groups excluding carboxylic acids is 1. The number of fused-ring (bicyclic) bond motifs is 1. The molecule has 136 valence electrons. The van der Waals surface area contributed by atoms with E-state index >= 15 is 0 Å². The number of hydrogen-bond acceptors (Lipinski definition) is 4. The molecule has 0 aliphatic heterocycles. The van der Waals surface area contributed by atoms with Crippen LogP contribution in [0.5, 0.6) is 0 Å². The molecule has 0 aromatic heterocycles. The van der Waals surface area contributed by atoms with Gasteiger partial charge in [0.25, 0.3) is 5.69 Å². The minimum absolute atomic E-state index is 0.0225. The summed E-state index contributed by atoms with van der Waals surface area (Å²) in [5.74, 6) is -0.319. The van der Waals surface area contributed by atoms with Crippen LogP contribution in [0.1, 0.15) is 5.56 Å². The maximum Gasteiger partial charge on any atom is 0.294 e. The van der Waals surface area contributed by atoms with Gasteiger partial charge in [-0.25, -0.2) is 0 Å². The Morgan fingerprint density at radius 2 is 1.85 bits per heavy atom. The van der Waals surface area contributed by atoms with E-state index in [0.717, 1.165) is 16.3 Å². The minimum Gasteiger partial charge on any atom is -0.327 e. The van der Waals surface area contributed by atoms with Gasteiger partial charge in [-0.15, -0.1) is 0 Å². The molecular formula is C19H14ClN3O3S. The highest BCUT2D eigenvalue weighted by Crippen LogP contribution is 2.27. The van der Waals surface area contributed by atoms with Gasteiger partial charge in [-0.1, -0.05) is 54.1 Å². The number of rotatable bonds is 4. The molecule has 0 saturated carbocycles. The van der Waals surface area contributed by atoms with E-state index in [1.807, 2.05) is 42.5 Å². The molecule has 3 aromatic carbocycles. The molecule has 1 amide bonds. The minimum atomic E-state index is -0.575. The van der Waals surface area contributed by atoms with Crippen molar-refractivity contribution >= 4 is 57.0 Å². The van der Waals surface area contributed by atoms with Crippen LogP contribution < -0.4 is 10.6 Å². The molecule has 0 spiro atoms. The molecule has 0 unspecified atom stereocenters. The third-order valence-electron chi connectivity index (χ3n) is 3.89. The van der Waals surface area contributed by atoms with Gasteiger partial charge in [-0.2, -0.15) is 0 Å². The Kier molecular flexibility index (Phi) is 5.63. The number of benzene rings is 3. The summed E-state index contributed by atoms with van der Waals surface area (Å²) in [4.78, 5) is 22.9. The fourth-order valence-electron chi connectivity index (χ4n) is 2.71. The van der Waals surface area contributed by atoms with Crippen molar-refractivity contribution in [1.82, 2.24) is 5.32 Å². The highest BCUT2D eigenvalue weighted by Gasteiger charge is 2.16. The van der Waals surface area contributed by atoms with Gasteiger partial charge in [0.15, 0.2) is 5.11 Å². The monoisotopic (exact) mass is 399 g/mol. The van der Waals surface area contributed by atoms with Gasteiger partial charge in [0.05, 0.1) is 11.3 Å². The highest BCUT2D eigenvalue weighted by atomic mass is 35.5. The van der Waals surface area contributed by atoms with Crippen molar-refractivity contribution < 1.29 is 9.72 Å². The van der Waals surface area contributed by atoms with Gasteiger partial charge in [0.1, 0.15) is 5.69 Å². The Morgan fingerprint density at radius 1 is 1.11 bits per heavy atom. The van der Waals surface area contributed by atoms with Gasteiger partial charge in [-0.05, 0) is 40.7 Å². The highest BCUT2D eigenvalue weighted by molar-refractivity contribution is 7.80. The van der Waals surface area contributed by atoms with Crippen molar-refractivity contribution in [2.75, 3.05) is 5.32 Å². The van der Waals surface area contributed by atoms with Crippen molar-refractivity contribution in [2.45, 2.75) is 6.42 Å². The molecule has 0 saturated heterocycles. The van der Waals surface area contributed by atoms with Crippen molar-refractivity contribution in [1.29, 1.82) is 0 Å². The molecule has 8 heteroatoms. The Labute approximate surface area is 165 Å². The number of anilines is 1. The molecule has 0 fully saturated rings. The quantitative estimate of drug-likeness (QED) is 0.384. The first-order valence-electron chi connectivity index (χ1n) is 7.95. The zero-order valence-electron chi connectivity index (χ0n) is 13.9. The Morgan fingerprint density at radius 3 is 2.63 bits per heavy atom. The Bertz CT molecular complexity index is 1050. The van der Waals surface area contributed by atoms with Crippen LogP contribution in [0.25, 0.3) is 10.8 Å². The topological polar surface area (TPSA) is 84.3 Å². The number of nitrogens with zero attached hydrogens (tertiary/aromatic N) is 1. The molecule has 0 heterocycles. The van der Waals surface area contributed by atoms with E-state index in [4.69, 9.17) is 23.8 Å². The summed E-state index contributed by atoms with van der Waals surface area (Å²) in [6.07, 6.45) is 0.131. The molecule has 0 aliphatic rings. The summed E-state index contributed by atoms with van der Waals surface area (Å²) in [7, 11) is 0. The Hall–Kier alpha value is -3.03. The molecule has 0 radical (unpaired) electrons. The summed E-state index contributed by atoms with van der Waals surface area (Å²) >= 11 is 10.9. The molecule has 2 N–H and O–H groups in total. The molecule has 3 aromatic rings. The lowest BCUT2D eigenvalue weighted by Crippen LogP contribution is -2.35. The van der Waals surface area contributed by atoms with Gasteiger partial charge in [0.2, 0.25) is 5.91 Å². The SMILES string of the molecule is O=C(Cc1cccc2ccccc12)NC(=S)Nc1ccc(Cl)cc1[N+](=O)[O-]. The average molecular weight is 400 g/mol. The van der Waals surface area contributed by atoms with Crippen LogP contribution in [0.4, 0.5) is 11.4 Å². The van der Waals surface area contributed by atoms with Crippen molar-refractivity contribution in [3.8, 4) is 0 Å². The zero-order chi connectivity index (χ0) is 19.4. The number of amides is 1. The predicted octanol–water partition coefficient (Wildman–Crippen LogP) is 4.46. The summed E-state index contributed by atoms with van der Waals surface area (Å²) in [5, 5.41) is 18.6. The van der Waals surface area contributed by atoms with Crippen molar-refractivity contribution in [3.63, 3.8) is 0 Å². The zero-order valence-corrected chi connectivity index (χ0v) is 15.5. The van der Waals surface area contributed by atoms with Crippen LogP contribution in [0.2, 0.25) is 5.02 Å². The third-order valence-corrected chi connectivity index (χ3v) is 4.33. The van der Waals surface area contributed by atoms with E-state index in [9.17, 15) is 14.9 Å². The van der Waals surface area contributed by atoms with Crippen LogP contribution in [-0.4, -0.2) is 15.9 Å². The van der Waals surface area contributed by atoms with Crippen LogP contribution in [0.3, 0.4) is 0 Å². The standard InChI is InChI=1S/C19H14ClN3O3S/c20-14-8-9-16(17(11-14)23(25)26)21-19(27)22-18(24)10-13-6-3-5-12-4-1-2-7-15(12)13/h1-9,11H,10H2,(H2,21,22,24,27). The second-order valence-electron chi connectivity index (χ2n) is 5.74. The van der Waals surface area contributed by atoms with Crippen LogP contribution in [0, 0.1) is 10.1 Å². The molecule has 6 nitrogen and oxygen atoms in total. The van der Waals surface area contributed by atoms with Crippen molar-refractivity contribution in [3.05, 3.63) is 81.4 Å². The Balaban J connectivity index is 1.70. The smallest absolute Gasteiger partial charge is 0.294 e. The van der Waals surface area contributed by atoms with Crippen LogP contribution in [0.15, 0.2) is 60.7 Å². The molecule has 3 rings (SSSR count). The second-order valence-corrected chi connectivity index (χ2v) is 6.58. The lowest BCUT2D eigenvalue weighted by atomic mass is 10.0. The first-order chi connectivity index (χ1) is 12.9. The van der Waals surface area contributed by atoms with Crippen LogP contribution in [-0.2, 0) is 11.2 Å². The molecule has 0 aliphatic carbocycles. The fourth-order valence-corrected chi connectivity index (χ4v) is 3.10. The van der Waals surface area contributed by atoms with E-state index in [2.05, 4.69) is 10.6 Å². The van der Waals surface area contributed by atoms with Gasteiger partial charge in [-0.3, -0.25) is 14.9 Å². The number of nitro groups is 1. The van der Waals surface area contributed by atoms with E-state index in [-0.39, 0.29) is 33.8 Å². The summed E-state index contributed by atoms with van der Waals surface area (Å²) < 4.78 is 0. The summed E-state index contributed by atoms with van der Waals surface area (Å²) in [6, 6.07) is 17.7. The number of nitro benzene ring substituents is 1. The number of halogens is 1. The molecule has 0 atom stereocenters. The normalized spacial score (nSPS) is 10.4. The predicted molar refractivity (Wildman–Crippen MR) is 110 cm³/mol. The first kappa shape index (κ1) is 18.8. The van der Waals surface area contributed by atoms with E-state index in [0.29, 0.717) is 0 Å². The van der Waals surface area contributed by atoms with Gasteiger partial charge in [0, 0.05) is 11.1 Å². The largest absolute Gasteiger partial charge is 0.327 e. The van der Waals surface area contributed by atoms with Crippen LogP contribution >= 0.6 is 23.8 Å². The maximum atomic E-state index is 12.3. The fraction of sp³-hybridized carbons (Fsp3) is 0.0526. The molecule has 27 heavy (non-hydrogen) atoms. The molecule has 0 bridgehead atoms. The second kappa shape index (κ2) is 8.11. The van der Waals surface area contributed by atoms with Crippen molar-refractivity contribution in [2.24, 2.45) is 0 Å². The van der Waals surface area contributed by atoms with Gasteiger partial charge >= 0.3 is 0 Å².